The van der Waals surface area contributed by atoms with E-state index in [0.717, 1.165) is 30.5 Å². The Labute approximate surface area is 214 Å². The van der Waals surface area contributed by atoms with Crippen LogP contribution in [0.4, 0.5) is 10.3 Å². The van der Waals surface area contributed by atoms with Gasteiger partial charge in [-0.1, -0.05) is 26.3 Å². The minimum atomic E-state index is -0.585. The lowest BCUT2D eigenvalue weighted by molar-refractivity contribution is -0.116. The van der Waals surface area contributed by atoms with Crippen LogP contribution in [0.2, 0.25) is 0 Å². The van der Waals surface area contributed by atoms with Crippen molar-refractivity contribution in [1.29, 1.82) is 0 Å². The number of nitrogens with two attached hydrogens (primary N) is 1. The summed E-state index contributed by atoms with van der Waals surface area (Å²) >= 11 is 0. The lowest BCUT2D eigenvalue weighted by atomic mass is 9.97. The van der Waals surface area contributed by atoms with E-state index < -0.39 is 5.82 Å². The van der Waals surface area contributed by atoms with Gasteiger partial charge in [0, 0.05) is 30.4 Å². The van der Waals surface area contributed by atoms with E-state index in [9.17, 15) is 9.18 Å². The molecule has 1 unspecified atom stereocenters. The molecule has 192 valence electrons. The fourth-order valence-electron chi connectivity index (χ4n) is 4.10. The molecule has 3 heterocycles. The Morgan fingerprint density at radius 3 is 2.81 bits per heavy atom. The van der Waals surface area contributed by atoms with Crippen molar-refractivity contribution in [2.75, 3.05) is 19.4 Å². The lowest BCUT2D eigenvalue weighted by Gasteiger charge is -2.15. The van der Waals surface area contributed by atoms with E-state index >= 15 is 0 Å². The van der Waals surface area contributed by atoms with Gasteiger partial charge in [0.05, 0.1) is 18.3 Å². The molecule has 4 rings (SSSR count). The summed E-state index contributed by atoms with van der Waals surface area (Å²) < 4.78 is 27.1. The van der Waals surface area contributed by atoms with Gasteiger partial charge in [-0.3, -0.25) is 9.20 Å². The number of aromatic nitrogens is 4. The molecule has 0 saturated heterocycles. The summed E-state index contributed by atoms with van der Waals surface area (Å²) in [7, 11) is 1.49. The van der Waals surface area contributed by atoms with Crippen molar-refractivity contribution < 1.29 is 18.7 Å². The normalized spacial score (nSPS) is 11.8. The molecule has 0 spiro atoms. The second kappa shape index (κ2) is 11.5. The quantitative estimate of drug-likeness (QED) is 0.279. The fourth-order valence-corrected chi connectivity index (χ4v) is 4.10. The van der Waals surface area contributed by atoms with Crippen molar-refractivity contribution in [1.82, 2.24) is 24.7 Å². The molecule has 0 aliphatic heterocycles. The summed E-state index contributed by atoms with van der Waals surface area (Å²) in [6.45, 7) is 6.05. The van der Waals surface area contributed by atoms with Gasteiger partial charge in [0.25, 0.3) is 5.88 Å². The number of anilines is 1. The molecular weight excluding hydrogens is 475 g/mol. The molecule has 37 heavy (non-hydrogen) atoms. The Kier molecular flexibility index (Phi) is 7.97. The van der Waals surface area contributed by atoms with Gasteiger partial charge in [-0.05, 0) is 48.9 Å². The number of pyridine rings is 1. The number of methoxy groups -OCH3 is 1. The molecule has 1 atom stereocenters. The number of ether oxygens (including phenoxy) is 2. The largest absolute Gasteiger partial charge is 0.493 e. The van der Waals surface area contributed by atoms with E-state index in [4.69, 9.17) is 20.2 Å². The van der Waals surface area contributed by atoms with Crippen molar-refractivity contribution in [2.24, 2.45) is 0 Å². The minimum Gasteiger partial charge on any atom is -0.493 e. The molecule has 1 aromatic carbocycles. The Bertz CT molecular complexity index is 1420. The smallest absolute Gasteiger partial charge is 0.255 e. The molecule has 0 fully saturated rings. The van der Waals surface area contributed by atoms with Gasteiger partial charge in [-0.15, -0.1) is 0 Å². The lowest BCUT2D eigenvalue weighted by Crippen LogP contribution is -2.27. The molecule has 0 bridgehead atoms. The van der Waals surface area contributed by atoms with Crippen molar-refractivity contribution in [2.45, 2.75) is 32.1 Å². The third-order valence-corrected chi connectivity index (χ3v) is 5.96. The Morgan fingerprint density at radius 2 is 2.08 bits per heavy atom. The van der Waals surface area contributed by atoms with Crippen LogP contribution in [0, 0.1) is 5.82 Å². The number of carbonyl (C=O) groups excluding carboxylic acids is 1. The van der Waals surface area contributed by atoms with Crippen LogP contribution >= 0.6 is 0 Å². The standard InChI is InChI=1S/C27H29FN6O3/c1-4-6-8-18(16-32-23(35)5-2)24-20-12-14-31-27(29)34(20)25(33-24)17-10-11-21(22(15-17)36-3)37-26-19(28)9-7-13-30-26/h5,7,9-15,18H,2,4,6,8,16H2,1,3H3,(H2,29,31)(H,32,35). The SMILES string of the molecule is C=CC(=O)NCC(CCCC)c1nc(-c2ccc(Oc3ncccc3F)c(OC)c2)n2c(N)nccc12. The molecule has 3 N–H and O–H groups in total. The van der Waals surface area contributed by atoms with E-state index in [0.29, 0.717) is 29.4 Å². The maximum atomic E-state index is 14.1. The van der Waals surface area contributed by atoms with Crippen LogP contribution in [-0.4, -0.2) is 38.9 Å². The number of hydrogen-bond acceptors (Lipinski definition) is 7. The Hall–Kier alpha value is -4.47. The molecule has 0 aliphatic rings. The monoisotopic (exact) mass is 504 g/mol. The fraction of sp³-hybridized carbons (Fsp3) is 0.259. The van der Waals surface area contributed by atoms with Gasteiger partial charge in [-0.2, -0.15) is 0 Å². The van der Waals surface area contributed by atoms with E-state index in [1.807, 2.05) is 6.07 Å². The van der Waals surface area contributed by atoms with Gasteiger partial charge in [0.15, 0.2) is 17.3 Å². The summed E-state index contributed by atoms with van der Waals surface area (Å²) in [5.74, 6) is 0.454. The van der Waals surface area contributed by atoms with Crippen LogP contribution in [0.25, 0.3) is 16.9 Å². The Morgan fingerprint density at radius 1 is 1.24 bits per heavy atom. The number of hydrogen-bond donors (Lipinski definition) is 2. The number of imidazole rings is 1. The number of nitrogen functional groups attached to an aromatic ring is 1. The summed E-state index contributed by atoms with van der Waals surface area (Å²) in [4.78, 5) is 25.0. The summed E-state index contributed by atoms with van der Waals surface area (Å²) in [5, 5.41) is 2.90. The molecule has 4 aromatic rings. The van der Waals surface area contributed by atoms with Crippen molar-refractivity contribution in [3.8, 4) is 28.8 Å². The first-order valence-electron chi connectivity index (χ1n) is 12.0. The second-order valence-electron chi connectivity index (χ2n) is 8.39. The minimum absolute atomic E-state index is 0.0500. The zero-order chi connectivity index (χ0) is 26.4. The first-order valence-corrected chi connectivity index (χ1v) is 12.0. The van der Waals surface area contributed by atoms with E-state index in [-0.39, 0.29) is 23.7 Å². The van der Waals surface area contributed by atoms with E-state index in [2.05, 4.69) is 28.8 Å². The predicted octanol–water partition coefficient (Wildman–Crippen LogP) is 4.89. The molecule has 0 radical (unpaired) electrons. The van der Waals surface area contributed by atoms with Crippen molar-refractivity contribution in [3.63, 3.8) is 0 Å². The van der Waals surface area contributed by atoms with Gasteiger partial charge in [0.1, 0.15) is 5.82 Å². The summed E-state index contributed by atoms with van der Waals surface area (Å²) in [5.41, 5.74) is 8.58. The molecular formula is C27H29FN6O3. The van der Waals surface area contributed by atoms with Crippen LogP contribution in [0.1, 0.15) is 37.8 Å². The van der Waals surface area contributed by atoms with Crippen LogP contribution in [0.5, 0.6) is 17.4 Å². The number of nitrogens with one attached hydrogen (secondary N) is 1. The molecule has 10 heteroatoms. The highest BCUT2D eigenvalue weighted by molar-refractivity contribution is 5.86. The number of rotatable bonds is 11. The molecule has 0 saturated carbocycles. The summed E-state index contributed by atoms with van der Waals surface area (Å²) in [6.07, 6.45) is 7.13. The topological polar surface area (TPSA) is 117 Å². The highest BCUT2D eigenvalue weighted by Crippen LogP contribution is 2.37. The average molecular weight is 505 g/mol. The number of benzene rings is 1. The maximum Gasteiger partial charge on any atom is 0.255 e. The van der Waals surface area contributed by atoms with Crippen LogP contribution in [-0.2, 0) is 4.79 Å². The number of unbranched alkanes of at least 4 members (excludes halogenated alkanes) is 1. The average Bonchev–Trinajstić information content (AvgIpc) is 3.31. The highest BCUT2D eigenvalue weighted by Gasteiger charge is 2.23. The number of halogens is 1. The van der Waals surface area contributed by atoms with Gasteiger partial charge < -0.3 is 20.5 Å². The highest BCUT2D eigenvalue weighted by atomic mass is 19.1. The van der Waals surface area contributed by atoms with Crippen molar-refractivity contribution in [3.05, 3.63) is 73.0 Å². The molecule has 9 nitrogen and oxygen atoms in total. The molecule has 1 amide bonds. The Balaban J connectivity index is 1.78. The maximum absolute atomic E-state index is 14.1. The zero-order valence-corrected chi connectivity index (χ0v) is 20.8. The zero-order valence-electron chi connectivity index (χ0n) is 20.8. The third kappa shape index (κ3) is 5.53. The summed E-state index contributed by atoms with van der Waals surface area (Å²) in [6, 6.07) is 9.79. The van der Waals surface area contributed by atoms with Gasteiger partial charge >= 0.3 is 0 Å². The number of nitrogens with zero attached hydrogens (tertiary/aromatic N) is 4. The van der Waals surface area contributed by atoms with Crippen LogP contribution < -0.4 is 20.5 Å². The first-order chi connectivity index (χ1) is 18.0. The van der Waals surface area contributed by atoms with Gasteiger partial charge in [0.2, 0.25) is 11.9 Å². The molecule has 0 aliphatic carbocycles. The number of carbonyl (C=O) groups is 1. The van der Waals surface area contributed by atoms with Crippen LogP contribution in [0.3, 0.4) is 0 Å². The van der Waals surface area contributed by atoms with Crippen molar-refractivity contribution >= 4 is 17.4 Å². The van der Waals surface area contributed by atoms with E-state index in [1.165, 1.54) is 31.5 Å². The van der Waals surface area contributed by atoms with Gasteiger partial charge in [-0.25, -0.2) is 19.3 Å². The van der Waals surface area contributed by atoms with Crippen LogP contribution in [0.15, 0.2) is 61.4 Å². The predicted molar refractivity (Wildman–Crippen MR) is 139 cm³/mol. The number of amides is 1. The van der Waals surface area contributed by atoms with E-state index in [1.54, 1.807) is 28.8 Å². The second-order valence-corrected chi connectivity index (χ2v) is 8.39. The number of fused-ring (bicyclic) bond motifs is 1. The first kappa shape index (κ1) is 25.6. The molecule has 3 aromatic heterocycles. The third-order valence-electron chi connectivity index (χ3n) is 5.96.